The number of carbonyl (C=O) groups excluding carboxylic acids is 1. The number of hydrogen-bond acceptors (Lipinski definition) is 3. The van der Waals surface area contributed by atoms with Crippen LogP contribution in [0.3, 0.4) is 0 Å². The van der Waals surface area contributed by atoms with E-state index in [1.807, 2.05) is 30.3 Å². The molecule has 4 heteroatoms. The highest BCUT2D eigenvalue weighted by Crippen LogP contribution is 2.20. The Morgan fingerprint density at radius 3 is 2.89 bits per heavy atom. The van der Waals surface area contributed by atoms with Crippen LogP contribution in [0.25, 0.3) is 0 Å². The topological polar surface area (TPSA) is 49.8 Å². The Hall–Kier alpha value is -1.55. The van der Waals surface area contributed by atoms with E-state index < -0.39 is 0 Å². The molecule has 0 unspecified atom stereocenters. The molecule has 1 heterocycles. The van der Waals surface area contributed by atoms with E-state index in [0.717, 1.165) is 24.9 Å². The van der Waals surface area contributed by atoms with Crippen LogP contribution in [0.5, 0.6) is 0 Å². The molecule has 1 amide bonds. The largest absolute Gasteiger partial charge is 0.445 e. The molecule has 4 nitrogen and oxygen atoms in total. The summed E-state index contributed by atoms with van der Waals surface area (Å²) in [5.74, 6) is 0.165. The normalized spacial score (nSPS) is 20.9. The first-order valence-electron chi connectivity index (χ1n) is 6.80. The first-order chi connectivity index (χ1) is 9.16. The van der Waals surface area contributed by atoms with E-state index in [9.17, 15) is 9.90 Å². The predicted molar refractivity (Wildman–Crippen MR) is 72.6 cm³/mol. The van der Waals surface area contributed by atoms with Gasteiger partial charge in [-0.15, -0.1) is 0 Å². The van der Waals surface area contributed by atoms with E-state index >= 15 is 0 Å². The van der Waals surface area contributed by atoms with Crippen LogP contribution < -0.4 is 0 Å². The number of ether oxygens (including phenoxy) is 1. The minimum atomic E-state index is -0.371. The third-order valence-corrected chi connectivity index (χ3v) is 3.60. The minimum absolute atomic E-state index is 0.165. The van der Waals surface area contributed by atoms with Crippen LogP contribution >= 0.6 is 0 Å². The lowest BCUT2D eigenvalue weighted by atomic mass is 9.94. The van der Waals surface area contributed by atoms with Crippen LogP contribution in [0.4, 0.5) is 4.79 Å². The quantitative estimate of drug-likeness (QED) is 0.911. The van der Waals surface area contributed by atoms with Crippen molar-refractivity contribution in [1.29, 1.82) is 0 Å². The molecule has 19 heavy (non-hydrogen) atoms. The molecule has 0 spiro atoms. The molecule has 1 aromatic rings. The summed E-state index contributed by atoms with van der Waals surface area (Å²) in [5.41, 5.74) is 0.986. The van der Waals surface area contributed by atoms with Crippen molar-refractivity contribution >= 4 is 6.09 Å². The van der Waals surface area contributed by atoms with Gasteiger partial charge in [0.15, 0.2) is 0 Å². The molecule has 0 aromatic heterocycles. The number of carbonyl (C=O) groups is 1. The lowest BCUT2D eigenvalue weighted by Crippen LogP contribution is -2.43. The summed E-state index contributed by atoms with van der Waals surface area (Å²) in [6, 6.07) is 9.65. The van der Waals surface area contributed by atoms with Crippen LogP contribution in [0.1, 0.15) is 25.3 Å². The number of amides is 1. The van der Waals surface area contributed by atoms with E-state index in [1.165, 1.54) is 0 Å². The van der Waals surface area contributed by atoms with Gasteiger partial charge in [0.05, 0.1) is 6.10 Å². The fraction of sp³-hybridized carbons (Fsp3) is 0.533. The number of piperidine rings is 1. The van der Waals surface area contributed by atoms with Crippen molar-refractivity contribution in [2.45, 2.75) is 32.5 Å². The highest BCUT2D eigenvalue weighted by molar-refractivity contribution is 5.67. The van der Waals surface area contributed by atoms with Gasteiger partial charge in [-0.1, -0.05) is 30.3 Å². The maximum Gasteiger partial charge on any atom is 0.410 e. The van der Waals surface area contributed by atoms with Crippen molar-refractivity contribution in [3.05, 3.63) is 35.9 Å². The van der Waals surface area contributed by atoms with Gasteiger partial charge in [0.25, 0.3) is 0 Å². The Morgan fingerprint density at radius 1 is 1.47 bits per heavy atom. The summed E-state index contributed by atoms with van der Waals surface area (Å²) < 4.78 is 5.30. The van der Waals surface area contributed by atoms with E-state index in [0.29, 0.717) is 13.2 Å². The van der Waals surface area contributed by atoms with Gasteiger partial charge in [-0.05, 0) is 25.3 Å². The zero-order chi connectivity index (χ0) is 13.7. The lowest BCUT2D eigenvalue weighted by Gasteiger charge is -2.33. The predicted octanol–water partition coefficient (Wildman–Crippen LogP) is 2.42. The van der Waals surface area contributed by atoms with Gasteiger partial charge in [0.1, 0.15) is 6.61 Å². The van der Waals surface area contributed by atoms with Gasteiger partial charge in [0, 0.05) is 19.0 Å². The molecule has 0 radical (unpaired) electrons. The molecular formula is C15H21NO3. The molecule has 1 aliphatic heterocycles. The van der Waals surface area contributed by atoms with Crippen LogP contribution in [-0.4, -0.2) is 35.3 Å². The number of aliphatic hydroxyl groups excluding tert-OH is 1. The Morgan fingerprint density at radius 2 is 2.21 bits per heavy atom. The molecule has 0 saturated carbocycles. The third kappa shape index (κ3) is 3.96. The van der Waals surface area contributed by atoms with Gasteiger partial charge in [-0.3, -0.25) is 0 Å². The number of nitrogens with zero attached hydrogens (tertiary/aromatic N) is 1. The van der Waals surface area contributed by atoms with Crippen molar-refractivity contribution in [3.63, 3.8) is 0 Å². The number of aliphatic hydroxyl groups is 1. The van der Waals surface area contributed by atoms with Crippen molar-refractivity contribution in [3.8, 4) is 0 Å². The molecule has 1 aliphatic rings. The molecule has 1 fully saturated rings. The second-order valence-electron chi connectivity index (χ2n) is 5.13. The fourth-order valence-corrected chi connectivity index (χ4v) is 2.38. The van der Waals surface area contributed by atoms with E-state index in [1.54, 1.807) is 11.8 Å². The molecule has 104 valence electrons. The van der Waals surface area contributed by atoms with E-state index in [4.69, 9.17) is 4.74 Å². The number of likely N-dealkylation sites (tertiary alicyclic amines) is 1. The van der Waals surface area contributed by atoms with Gasteiger partial charge in [0.2, 0.25) is 0 Å². The summed E-state index contributed by atoms with van der Waals surface area (Å²) >= 11 is 0. The molecule has 2 rings (SSSR count). The standard InChI is InChI=1S/C15H21NO3/c1-12(17)14-8-5-9-16(10-14)15(18)19-11-13-6-3-2-4-7-13/h2-4,6-7,12,14,17H,5,8-11H2,1H3/t12-,14-/m1/s1. The fourth-order valence-electron chi connectivity index (χ4n) is 2.38. The second-order valence-corrected chi connectivity index (χ2v) is 5.13. The second kappa shape index (κ2) is 6.57. The van der Waals surface area contributed by atoms with Crippen molar-refractivity contribution in [2.24, 2.45) is 5.92 Å². The van der Waals surface area contributed by atoms with E-state index in [2.05, 4.69) is 0 Å². The monoisotopic (exact) mass is 263 g/mol. The van der Waals surface area contributed by atoms with Gasteiger partial charge < -0.3 is 14.7 Å². The van der Waals surface area contributed by atoms with Crippen LogP contribution in [-0.2, 0) is 11.3 Å². The molecule has 0 bridgehead atoms. The summed E-state index contributed by atoms with van der Waals surface area (Å²) in [6.45, 7) is 3.39. The summed E-state index contributed by atoms with van der Waals surface area (Å²) in [7, 11) is 0. The zero-order valence-electron chi connectivity index (χ0n) is 11.3. The smallest absolute Gasteiger partial charge is 0.410 e. The molecule has 0 aliphatic carbocycles. The Kier molecular flexibility index (Phi) is 4.80. The molecule has 1 saturated heterocycles. The summed E-state index contributed by atoms with van der Waals surface area (Å²) in [4.78, 5) is 13.7. The Labute approximate surface area is 114 Å². The average molecular weight is 263 g/mol. The first-order valence-corrected chi connectivity index (χ1v) is 6.80. The summed E-state index contributed by atoms with van der Waals surface area (Å²) in [6.07, 6.45) is 1.25. The maximum absolute atomic E-state index is 12.0. The highest BCUT2D eigenvalue weighted by atomic mass is 16.6. The first kappa shape index (κ1) is 13.9. The van der Waals surface area contributed by atoms with Crippen LogP contribution in [0.2, 0.25) is 0 Å². The zero-order valence-corrected chi connectivity index (χ0v) is 11.3. The Balaban J connectivity index is 1.83. The maximum atomic E-state index is 12.0. The molecule has 2 atom stereocenters. The number of benzene rings is 1. The number of hydrogen-bond donors (Lipinski definition) is 1. The number of rotatable bonds is 3. The summed E-state index contributed by atoms with van der Waals surface area (Å²) in [5, 5.41) is 9.61. The van der Waals surface area contributed by atoms with Crippen molar-refractivity contribution in [2.75, 3.05) is 13.1 Å². The van der Waals surface area contributed by atoms with Crippen molar-refractivity contribution < 1.29 is 14.6 Å². The van der Waals surface area contributed by atoms with Crippen LogP contribution in [0, 0.1) is 5.92 Å². The average Bonchev–Trinajstić information content (AvgIpc) is 2.46. The minimum Gasteiger partial charge on any atom is -0.445 e. The lowest BCUT2D eigenvalue weighted by molar-refractivity contribution is 0.0450. The Bertz CT molecular complexity index is 405. The molecule has 1 aromatic carbocycles. The van der Waals surface area contributed by atoms with E-state index in [-0.39, 0.29) is 18.1 Å². The van der Waals surface area contributed by atoms with Crippen molar-refractivity contribution in [1.82, 2.24) is 4.90 Å². The van der Waals surface area contributed by atoms with Gasteiger partial charge >= 0.3 is 6.09 Å². The highest BCUT2D eigenvalue weighted by Gasteiger charge is 2.27. The van der Waals surface area contributed by atoms with Gasteiger partial charge in [-0.2, -0.15) is 0 Å². The SMILES string of the molecule is C[C@@H](O)[C@@H]1CCCN(C(=O)OCc2ccccc2)C1. The third-order valence-electron chi connectivity index (χ3n) is 3.60. The van der Waals surface area contributed by atoms with Gasteiger partial charge in [-0.25, -0.2) is 4.79 Å². The molecule has 1 N–H and O–H groups in total. The molecular weight excluding hydrogens is 242 g/mol. The van der Waals surface area contributed by atoms with Crippen LogP contribution in [0.15, 0.2) is 30.3 Å².